The van der Waals surface area contributed by atoms with Crippen molar-refractivity contribution in [2.45, 2.75) is 20.2 Å². The first-order chi connectivity index (χ1) is 12.7. The number of carbonyl (C=O) groups is 1. The number of carboxylic acid groups (broad SMARTS) is 1. The van der Waals surface area contributed by atoms with Crippen LogP contribution in [0.3, 0.4) is 0 Å². The van der Waals surface area contributed by atoms with E-state index in [0.717, 1.165) is 5.57 Å². The summed E-state index contributed by atoms with van der Waals surface area (Å²) in [7, 11) is 0. The third kappa shape index (κ3) is 7.59. The SMILES string of the molecule is C=C/C(=C\C=C(C)C)c1nc(-c2ccc(OC(F)(F)F)cc2)no1.O=CO. The molecule has 1 heterocycles. The Morgan fingerprint density at radius 3 is 2.30 bits per heavy atom. The Kier molecular flexibility index (Phi) is 7.99. The summed E-state index contributed by atoms with van der Waals surface area (Å²) in [5.41, 5.74) is 2.24. The first kappa shape index (κ1) is 21.7. The molecular weight excluding hydrogens is 365 g/mol. The van der Waals surface area contributed by atoms with Gasteiger partial charge in [-0.25, -0.2) is 0 Å². The molecule has 0 amide bonds. The lowest BCUT2D eigenvalue weighted by Crippen LogP contribution is -2.16. The highest BCUT2D eigenvalue weighted by molar-refractivity contribution is 5.70. The Morgan fingerprint density at radius 2 is 1.81 bits per heavy atom. The lowest BCUT2D eigenvalue weighted by Gasteiger charge is -2.08. The quantitative estimate of drug-likeness (QED) is 0.586. The molecule has 2 aromatic rings. The van der Waals surface area contributed by atoms with Gasteiger partial charge in [0.05, 0.1) is 0 Å². The minimum Gasteiger partial charge on any atom is -0.483 e. The molecular formula is C18H17F3N2O4. The molecule has 0 aliphatic carbocycles. The monoisotopic (exact) mass is 382 g/mol. The maximum atomic E-state index is 12.1. The van der Waals surface area contributed by atoms with Crippen LogP contribution in [0, 0.1) is 0 Å². The molecule has 0 aliphatic heterocycles. The molecule has 9 heteroatoms. The van der Waals surface area contributed by atoms with Gasteiger partial charge in [-0.2, -0.15) is 4.98 Å². The van der Waals surface area contributed by atoms with E-state index in [4.69, 9.17) is 14.4 Å². The fourth-order valence-corrected chi connectivity index (χ4v) is 1.75. The molecule has 0 aliphatic rings. The largest absolute Gasteiger partial charge is 0.573 e. The van der Waals surface area contributed by atoms with Crippen LogP contribution in [0.2, 0.25) is 0 Å². The second-order valence-corrected chi connectivity index (χ2v) is 5.17. The number of halogens is 3. The second-order valence-electron chi connectivity index (χ2n) is 5.17. The normalized spacial score (nSPS) is 11.1. The average molecular weight is 382 g/mol. The predicted octanol–water partition coefficient (Wildman–Crippen LogP) is 4.87. The van der Waals surface area contributed by atoms with E-state index in [1.54, 1.807) is 12.2 Å². The van der Waals surface area contributed by atoms with Gasteiger partial charge >= 0.3 is 6.36 Å². The van der Waals surface area contributed by atoms with Gasteiger partial charge in [-0.05, 0) is 44.2 Å². The maximum absolute atomic E-state index is 12.1. The maximum Gasteiger partial charge on any atom is 0.573 e. The first-order valence-electron chi connectivity index (χ1n) is 7.46. The van der Waals surface area contributed by atoms with Gasteiger partial charge in [-0.3, -0.25) is 4.79 Å². The number of nitrogens with zero attached hydrogens (tertiary/aromatic N) is 2. The lowest BCUT2D eigenvalue weighted by molar-refractivity contribution is -0.274. The number of allylic oxidation sites excluding steroid dienone is 5. The van der Waals surface area contributed by atoms with Gasteiger partial charge in [0.2, 0.25) is 5.82 Å². The van der Waals surface area contributed by atoms with E-state index in [-0.39, 0.29) is 23.9 Å². The van der Waals surface area contributed by atoms with Gasteiger partial charge in [-0.1, -0.05) is 29.5 Å². The molecule has 0 atom stereocenters. The molecule has 0 unspecified atom stereocenters. The number of benzene rings is 1. The van der Waals surface area contributed by atoms with Gasteiger partial charge in [-0.15, -0.1) is 13.2 Å². The van der Waals surface area contributed by atoms with E-state index in [0.29, 0.717) is 11.1 Å². The van der Waals surface area contributed by atoms with Crippen LogP contribution in [-0.2, 0) is 4.79 Å². The molecule has 2 rings (SSSR count). The van der Waals surface area contributed by atoms with E-state index in [2.05, 4.69) is 21.5 Å². The highest BCUT2D eigenvalue weighted by atomic mass is 19.4. The van der Waals surface area contributed by atoms with Gasteiger partial charge < -0.3 is 14.4 Å². The molecule has 1 N–H and O–H groups in total. The zero-order chi connectivity index (χ0) is 20.4. The molecule has 0 saturated carbocycles. The summed E-state index contributed by atoms with van der Waals surface area (Å²) < 4.78 is 45.4. The van der Waals surface area contributed by atoms with Crippen molar-refractivity contribution < 1.29 is 32.3 Å². The number of alkyl halides is 3. The van der Waals surface area contributed by atoms with Crippen LogP contribution in [0.4, 0.5) is 13.2 Å². The van der Waals surface area contributed by atoms with Crippen LogP contribution in [0.15, 0.2) is 59.2 Å². The van der Waals surface area contributed by atoms with E-state index in [9.17, 15) is 13.2 Å². The van der Waals surface area contributed by atoms with Crippen LogP contribution in [-0.4, -0.2) is 28.1 Å². The molecule has 1 aromatic heterocycles. The summed E-state index contributed by atoms with van der Waals surface area (Å²) in [6.07, 6.45) is 0.524. The average Bonchev–Trinajstić information content (AvgIpc) is 3.05. The van der Waals surface area contributed by atoms with Gasteiger partial charge in [0, 0.05) is 11.1 Å². The highest BCUT2D eigenvalue weighted by Crippen LogP contribution is 2.26. The van der Waals surface area contributed by atoms with Crippen molar-refractivity contribution in [3.05, 3.63) is 60.5 Å². The van der Waals surface area contributed by atoms with Crippen LogP contribution >= 0.6 is 0 Å². The number of rotatable bonds is 5. The molecule has 1 aromatic carbocycles. The second kappa shape index (κ2) is 9.95. The Labute approximate surface area is 153 Å². The Hall–Kier alpha value is -3.36. The van der Waals surface area contributed by atoms with Crippen molar-refractivity contribution in [2.75, 3.05) is 0 Å². The van der Waals surface area contributed by atoms with Crippen molar-refractivity contribution in [1.29, 1.82) is 0 Å². The Morgan fingerprint density at radius 1 is 1.22 bits per heavy atom. The first-order valence-corrected chi connectivity index (χ1v) is 7.46. The predicted molar refractivity (Wildman–Crippen MR) is 92.7 cm³/mol. The summed E-state index contributed by atoms with van der Waals surface area (Å²) in [5, 5.41) is 10.7. The standard InChI is InChI=1S/C17H15F3N2O2.CH2O2/c1-4-12(6-5-11(2)3)16-21-15(22-24-16)13-7-9-14(10-8-13)23-17(18,19)20;2-1-3/h4-10H,1H2,2-3H3;1H,(H,2,3)/b12-6+;. The fourth-order valence-electron chi connectivity index (χ4n) is 1.75. The summed E-state index contributed by atoms with van der Waals surface area (Å²) in [5.74, 6) is 0.215. The van der Waals surface area contributed by atoms with Gasteiger partial charge in [0.25, 0.3) is 12.4 Å². The van der Waals surface area contributed by atoms with Crippen molar-refractivity contribution in [3.63, 3.8) is 0 Å². The van der Waals surface area contributed by atoms with Crippen molar-refractivity contribution in [2.24, 2.45) is 0 Å². The van der Waals surface area contributed by atoms with Crippen molar-refractivity contribution in [3.8, 4) is 17.1 Å². The summed E-state index contributed by atoms with van der Waals surface area (Å²) in [6.45, 7) is 7.34. The van der Waals surface area contributed by atoms with Crippen LogP contribution in [0.1, 0.15) is 19.7 Å². The summed E-state index contributed by atoms with van der Waals surface area (Å²) in [4.78, 5) is 12.6. The highest BCUT2D eigenvalue weighted by Gasteiger charge is 2.31. The minimum atomic E-state index is -4.73. The molecule has 0 saturated heterocycles. The Bertz CT molecular complexity index is 818. The molecule has 144 valence electrons. The molecule has 27 heavy (non-hydrogen) atoms. The summed E-state index contributed by atoms with van der Waals surface area (Å²) in [6, 6.07) is 5.21. The molecule has 0 bridgehead atoms. The fraction of sp³-hybridized carbons (Fsp3) is 0.167. The topological polar surface area (TPSA) is 85.5 Å². The molecule has 0 spiro atoms. The minimum absolute atomic E-state index is 0.250. The third-order valence-corrected chi connectivity index (χ3v) is 2.84. The van der Waals surface area contributed by atoms with Crippen LogP contribution in [0.25, 0.3) is 17.0 Å². The number of aromatic nitrogens is 2. The van der Waals surface area contributed by atoms with E-state index >= 15 is 0 Å². The number of hydrogen-bond acceptors (Lipinski definition) is 5. The molecule has 6 nitrogen and oxygen atoms in total. The van der Waals surface area contributed by atoms with Crippen LogP contribution in [0.5, 0.6) is 5.75 Å². The van der Waals surface area contributed by atoms with Crippen molar-refractivity contribution in [1.82, 2.24) is 10.1 Å². The van der Waals surface area contributed by atoms with E-state index in [1.165, 1.54) is 24.3 Å². The zero-order valence-corrected chi connectivity index (χ0v) is 14.5. The molecule has 0 radical (unpaired) electrons. The smallest absolute Gasteiger partial charge is 0.483 e. The van der Waals surface area contributed by atoms with Crippen LogP contribution < -0.4 is 4.74 Å². The molecule has 0 fully saturated rings. The number of hydrogen-bond donors (Lipinski definition) is 1. The Balaban J connectivity index is 0.00000114. The van der Waals surface area contributed by atoms with Crippen molar-refractivity contribution >= 4 is 12.0 Å². The van der Waals surface area contributed by atoms with E-state index < -0.39 is 6.36 Å². The zero-order valence-electron chi connectivity index (χ0n) is 14.5. The van der Waals surface area contributed by atoms with E-state index in [1.807, 2.05) is 19.9 Å². The lowest BCUT2D eigenvalue weighted by atomic mass is 10.2. The number of ether oxygens (including phenoxy) is 1. The summed E-state index contributed by atoms with van der Waals surface area (Å²) >= 11 is 0. The van der Waals surface area contributed by atoms with Gasteiger partial charge in [0.1, 0.15) is 5.75 Å². The van der Waals surface area contributed by atoms with Gasteiger partial charge in [0.15, 0.2) is 0 Å². The third-order valence-electron chi connectivity index (χ3n) is 2.84.